The molecule has 18 heavy (non-hydrogen) atoms. The predicted molar refractivity (Wildman–Crippen MR) is 79.9 cm³/mol. The van der Waals surface area contributed by atoms with Crippen LogP contribution in [0.4, 0.5) is 0 Å². The molecule has 0 radical (unpaired) electrons. The smallest absolute Gasteiger partial charge is 0.0453 e. The van der Waals surface area contributed by atoms with Crippen LogP contribution in [0.3, 0.4) is 0 Å². The molecule has 1 aromatic rings. The van der Waals surface area contributed by atoms with Gasteiger partial charge in [0.15, 0.2) is 0 Å². The number of rotatable bonds is 6. The van der Waals surface area contributed by atoms with Crippen LogP contribution in [-0.4, -0.2) is 25.0 Å². The summed E-state index contributed by atoms with van der Waals surface area (Å²) in [7, 11) is 2.14. The van der Waals surface area contributed by atoms with Crippen LogP contribution >= 0.6 is 11.6 Å². The minimum absolute atomic E-state index is 0.171. The zero-order valence-corrected chi connectivity index (χ0v) is 12.7. The average molecular weight is 269 g/mol. The first-order chi connectivity index (χ1) is 8.43. The Morgan fingerprint density at radius 2 is 2.00 bits per heavy atom. The molecule has 0 aliphatic carbocycles. The van der Waals surface area contributed by atoms with Gasteiger partial charge in [-0.15, -0.1) is 0 Å². The minimum atomic E-state index is 0.171. The van der Waals surface area contributed by atoms with Gasteiger partial charge in [-0.1, -0.05) is 43.6 Å². The normalized spacial score (nSPS) is 16.6. The molecule has 2 unspecified atom stereocenters. The van der Waals surface area contributed by atoms with Gasteiger partial charge in [0.2, 0.25) is 0 Å². The number of nitrogens with zero attached hydrogens (tertiary/aromatic N) is 1. The van der Waals surface area contributed by atoms with Crippen molar-refractivity contribution in [3.8, 4) is 0 Å². The van der Waals surface area contributed by atoms with E-state index in [0.717, 1.165) is 18.0 Å². The van der Waals surface area contributed by atoms with Crippen LogP contribution in [0.25, 0.3) is 0 Å². The average Bonchev–Trinajstić information content (AvgIpc) is 2.38. The van der Waals surface area contributed by atoms with Crippen LogP contribution in [0.2, 0.25) is 5.02 Å². The summed E-state index contributed by atoms with van der Waals surface area (Å²) in [6, 6.07) is 8.34. The molecule has 0 fully saturated rings. The summed E-state index contributed by atoms with van der Waals surface area (Å²) < 4.78 is 0. The Morgan fingerprint density at radius 1 is 1.39 bits per heavy atom. The van der Waals surface area contributed by atoms with Crippen LogP contribution in [0.1, 0.15) is 38.8 Å². The molecule has 1 rings (SSSR count). The molecule has 0 aliphatic heterocycles. The summed E-state index contributed by atoms with van der Waals surface area (Å²) in [5, 5.41) is 0.836. The largest absolute Gasteiger partial charge is 0.330 e. The first-order valence-corrected chi connectivity index (χ1v) is 6.96. The maximum Gasteiger partial charge on any atom is 0.0453 e. The lowest BCUT2D eigenvalue weighted by atomic mass is 9.86. The molecule has 3 heteroatoms. The van der Waals surface area contributed by atoms with E-state index >= 15 is 0 Å². The van der Waals surface area contributed by atoms with Gasteiger partial charge in [-0.05, 0) is 44.0 Å². The Balaban J connectivity index is 2.79. The molecule has 0 bridgehead atoms. The number of nitrogens with two attached hydrogens (primary N) is 1. The first kappa shape index (κ1) is 15.5. The highest BCUT2D eigenvalue weighted by molar-refractivity contribution is 6.31. The summed E-state index contributed by atoms with van der Waals surface area (Å²) in [6.07, 6.45) is 1.09. The predicted octanol–water partition coefficient (Wildman–Crippen LogP) is 3.71. The van der Waals surface area contributed by atoms with Crippen LogP contribution in [0.5, 0.6) is 0 Å². The maximum absolute atomic E-state index is 6.25. The highest BCUT2D eigenvalue weighted by Crippen LogP contribution is 2.29. The van der Waals surface area contributed by atoms with Crippen LogP contribution < -0.4 is 5.73 Å². The molecule has 2 atom stereocenters. The molecular weight excluding hydrogens is 244 g/mol. The summed E-state index contributed by atoms with van der Waals surface area (Å²) in [5.74, 6) is 0. The van der Waals surface area contributed by atoms with E-state index in [-0.39, 0.29) is 5.41 Å². The van der Waals surface area contributed by atoms with Gasteiger partial charge >= 0.3 is 0 Å². The van der Waals surface area contributed by atoms with Crippen molar-refractivity contribution < 1.29 is 0 Å². The third-order valence-electron chi connectivity index (χ3n) is 3.99. The number of hydrogen-bond acceptors (Lipinski definition) is 2. The van der Waals surface area contributed by atoms with Gasteiger partial charge in [0.1, 0.15) is 0 Å². The Hall–Kier alpha value is -0.570. The molecule has 0 saturated heterocycles. The van der Waals surface area contributed by atoms with E-state index in [4.69, 9.17) is 17.3 Å². The zero-order chi connectivity index (χ0) is 13.8. The second-order valence-electron chi connectivity index (χ2n) is 5.48. The molecule has 0 aromatic heterocycles. The summed E-state index contributed by atoms with van der Waals surface area (Å²) in [5.41, 5.74) is 7.23. The van der Waals surface area contributed by atoms with Crippen LogP contribution in [-0.2, 0) is 0 Å². The summed E-state index contributed by atoms with van der Waals surface area (Å²) in [6.45, 7) is 8.31. The van der Waals surface area contributed by atoms with Crippen LogP contribution in [0, 0.1) is 5.41 Å². The summed E-state index contributed by atoms with van der Waals surface area (Å²) >= 11 is 6.25. The summed E-state index contributed by atoms with van der Waals surface area (Å²) in [4.78, 5) is 2.33. The fourth-order valence-electron chi connectivity index (χ4n) is 2.11. The first-order valence-electron chi connectivity index (χ1n) is 6.58. The standard InChI is InChI=1S/C15H25ClN2/c1-5-15(3,10-17)11-18(4)12(2)13-8-6-7-9-14(13)16/h6-9,12H,5,10-11,17H2,1-4H3. The number of benzene rings is 1. The molecule has 2 N–H and O–H groups in total. The quantitative estimate of drug-likeness (QED) is 0.852. The van der Waals surface area contributed by atoms with Gasteiger partial charge < -0.3 is 5.73 Å². The topological polar surface area (TPSA) is 29.3 Å². The van der Waals surface area contributed by atoms with E-state index in [1.807, 2.05) is 18.2 Å². The highest BCUT2D eigenvalue weighted by atomic mass is 35.5. The van der Waals surface area contributed by atoms with Crippen molar-refractivity contribution in [2.24, 2.45) is 11.1 Å². The van der Waals surface area contributed by atoms with Gasteiger partial charge in [-0.25, -0.2) is 0 Å². The third kappa shape index (κ3) is 3.71. The molecule has 0 aliphatic rings. The fraction of sp³-hybridized carbons (Fsp3) is 0.600. The van der Waals surface area contributed by atoms with Gasteiger partial charge in [-0.2, -0.15) is 0 Å². The Morgan fingerprint density at radius 3 is 2.50 bits per heavy atom. The maximum atomic E-state index is 6.25. The second-order valence-corrected chi connectivity index (χ2v) is 5.89. The number of hydrogen-bond donors (Lipinski definition) is 1. The van der Waals surface area contributed by atoms with Gasteiger partial charge in [-0.3, -0.25) is 4.90 Å². The third-order valence-corrected chi connectivity index (χ3v) is 4.34. The monoisotopic (exact) mass is 268 g/mol. The van der Waals surface area contributed by atoms with Crippen molar-refractivity contribution in [1.29, 1.82) is 0 Å². The zero-order valence-electron chi connectivity index (χ0n) is 11.9. The van der Waals surface area contributed by atoms with Crippen molar-refractivity contribution in [3.63, 3.8) is 0 Å². The Labute approximate surface area is 116 Å². The molecule has 0 amide bonds. The van der Waals surface area contributed by atoms with E-state index in [9.17, 15) is 0 Å². The molecule has 0 saturated carbocycles. The van der Waals surface area contributed by atoms with Crippen molar-refractivity contribution >= 4 is 11.6 Å². The second kappa shape index (κ2) is 6.55. The van der Waals surface area contributed by atoms with Gasteiger partial charge in [0, 0.05) is 17.6 Å². The van der Waals surface area contributed by atoms with Gasteiger partial charge in [0.05, 0.1) is 0 Å². The Bertz CT molecular complexity index is 375. The van der Waals surface area contributed by atoms with E-state index in [1.165, 1.54) is 5.56 Å². The molecule has 102 valence electrons. The van der Waals surface area contributed by atoms with Gasteiger partial charge in [0.25, 0.3) is 0 Å². The minimum Gasteiger partial charge on any atom is -0.330 e. The van der Waals surface area contributed by atoms with E-state index in [0.29, 0.717) is 12.6 Å². The van der Waals surface area contributed by atoms with Crippen molar-refractivity contribution in [2.45, 2.75) is 33.2 Å². The van der Waals surface area contributed by atoms with E-state index in [2.05, 4.69) is 38.8 Å². The fourth-order valence-corrected chi connectivity index (χ4v) is 2.40. The molecule has 2 nitrogen and oxygen atoms in total. The SMILES string of the molecule is CCC(C)(CN)CN(C)C(C)c1ccccc1Cl. The Kier molecular flexibility index (Phi) is 5.64. The molecular formula is C15H25ClN2. The van der Waals surface area contributed by atoms with E-state index < -0.39 is 0 Å². The van der Waals surface area contributed by atoms with Crippen LogP contribution in [0.15, 0.2) is 24.3 Å². The molecule has 0 heterocycles. The number of halogens is 1. The highest BCUT2D eigenvalue weighted by Gasteiger charge is 2.25. The van der Waals surface area contributed by atoms with Crippen molar-refractivity contribution in [2.75, 3.05) is 20.1 Å². The van der Waals surface area contributed by atoms with Crippen molar-refractivity contribution in [3.05, 3.63) is 34.9 Å². The lowest BCUT2D eigenvalue weighted by Gasteiger charge is -2.35. The lowest BCUT2D eigenvalue weighted by molar-refractivity contribution is 0.156. The lowest BCUT2D eigenvalue weighted by Crippen LogP contribution is -2.39. The van der Waals surface area contributed by atoms with Crippen molar-refractivity contribution in [1.82, 2.24) is 4.90 Å². The molecule has 0 spiro atoms. The molecule has 1 aromatic carbocycles. The van der Waals surface area contributed by atoms with E-state index in [1.54, 1.807) is 0 Å².